The topological polar surface area (TPSA) is 26.8 Å². The summed E-state index contributed by atoms with van der Waals surface area (Å²) in [5.41, 5.74) is 3.66. The van der Waals surface area contributed by atoms with Crippen molar-refractivity contribution in [1.29, 1.82) is 0 Å². The molecule has 0 radical (unpaired) electrons. The minimum atomic E-state index is -0.365. The molecule has 2 heterocycles. The van der Waals surface area contributed by atoms with Crippen LogP contribution < -0.4 is 4.90 Å². The molecule has 1 saturated heterocycles. The van der Waals surface area contributed by atoms with Crippen LogP contribution in [-0.2, 0) is 11.2 Å². The lowest BCUT2D eigenvalue weighted by molar-refractivity contribution is -0.120. The minimum Gasteiger partial charge on any atom is -0.311 e. The monoisotopic (exact) mass is 521 g/mol. The quantitative estimate of drug-likeness (QED) is 0.404. The number of anilines is 1. The molecule has 0 saturated carbocycles. The van der Waals surface area contributed by atoms with Crippen molar-refractivity contribution in [2.45, 2.75) is 31.6 Å². The SMILES string of the molecule is O=C(CN1CCN(CCCc2ccc(F)cc2)CC1)N1CCCC(c2ccc(F)cc2)c2ccc(F)cc21. The zero-order valence-electron chi connectivity index (χ0n) is 21.6. The van der Waals surface area contributed by atoms with Crippen molar-refractivity contribution < 1.29 is 18.0 Å². The number of piperazine rings is 1. The predicted molar refractivity (Wildman–Crippen MR) is 144 cm³/mol. The van der Waals surface area contributed by atoms with Gasteiger partial charge in [0.15, 0.2) is 0 Å². The average Bonchev–Trinajstić information content (AvgIpc) is 3.11. The first-order valence-corrected chi connectivity index (χ1v) is 13.5. The van der Waals surface area contributed by atoms with Gasteiger partial charge in [0.25, 0.3) is 0 Å². The van der Waals surface area contributed by atoms with Crippen molar-refractivity contribution in [3.05, 3.63) is 101 Å². The summed E-state index contributed by atoms with van der Waals surface area (Å²) in [5.74, 6) is -0.883. The summed E-state index contributed by atoms with van der Waals surface area (Å²) in [4.78, 5) is 19.8. The summed E-state index contributed by atoms with van der Waals surface area (Å²) in [7, 11) is 0. The van der Waals surface area contributed by atoms with Crippen LogP contribution in [0.5, 0.6) is 0 Å². The molecule has 0 aromatic heterocycles. The summed E-state index contributed by atoms with van der Waals surface area (Å²) in [6, 6.07) is 17.8. The van der Waals surface area contributed by atoms with Crippen LogP contribution in [0.25, 0.3) is 0 Å². The van der Waals surface area contributed by atoms with Gasteiger partial charge in [-0.15, -0.1) is 0 Å². The van der Waals surface area contributed by atoms with E-state index in [1.54, 1.807) is 23.1 Å². The number of rotatable bonds is 7. The highest BCUT2D eigenvalue weighted by Crippen LogP contribution is 2.39. The predicted octanol–water partition coefficient (Wildman–Crippen LogP) is 5.61. The Bertz CT molecular complexity index is 1220. The molecule has 0 aliphatic carbocycles. The van der Waals surface area contributed by atoms with Crippen LogP contribution in [0.3, 0.4) is 0 Å². The summed E-state index contributed by atoms with van der Waals surface area (Å²) >= 11 is 0. The van der Waals surface area contributed by atoms with Crippen molar-refractivity contribution in [3.8, 4) is 0 Å². The van der Waals surface area contributed by atoms with Gasteiger partial charge < -0.3 is 9.80 Å². The smallest absolute Gasteiger partial charge is 0.241 e. The van der Waals surface area contributed by atoms with Gasteiger partial charge in [-0.25, -0.2) is 13.2 Å². The molecular formula is C31H34F3N3O. The molecular weight excluding hydrogens is 487 g/mol. The Morgan fingerprint density at radius 2 is 1.39 bits per heavy atom. The van der Waals surface area contributed by atoms with E-state index in [9.17, 15) is 18.0 Å². The van der Waals surface area contributed by atoms with Gasteiger partial charge in [-0.2, -0.15) is 0 Å². The Kier molecular flexibility index (Phi) is 8.45. The van der Waals surface area contributed by atoms with Crippen LogP contribution in [0.1, 0.15) is 41.9 Å². The standard InChI is InChI=1S/C31H34F3N3O/c32-25-9-5-23(6-10-25)3-1-15-35-17-19-36(20-18-35)22-31(38)37-16-2-4-28(24-7-11-26(33)12-8-24)29-14-13-27(34)21-30(29)37/h5-14,21,28H,1-4,15-20,22H2. The Balaban J connectivity index is 1.18. The summed E-state index contributed by atoms with van der Waals surface area (Å²) in [6.45, 7) is 5.23. The second-order valence-corrected chi connectivity index (χ2v) is 10.3. The van der Waals surface area contributed by atoms with Crippen molar-refractivity contribution in [2.75, 3.05) is 50.7 Å². The van der Waals surface area contributed by atoms with Gasteiger partial charge in [0.05, 0.1) is 12.2 Å². The van der Waals surface area contributed by atoms with Gasteiger partial charge in [0, 0.05) is 38.6 Å². The van der Waals surface area contributed by atoms with E-state index in [4.69, 9.17) is 0 Å². The van der Waals surface area contributed by atoms with E-state index in [-0.39, 0.29) is 29.3 Å². The highest BCUT2D eigenvalue weighted by atomic mass is 19.1. The first-order valence-electron chi connectivity index (χ1n) is 13.5. The molecule has 2 aliphatic heterocycles. The number of fused-ring (bicyclic) bond motifs is 1. The molecule has 1 unspecified atom stereocenters. The molecule has 4 nitrogen and oxygen atoms in total. The van der Waals surface area contributed by atoms with Gasteiger partial charge in [0.1, 0.15) is 17.5 Å². The molecule has 1 fully saturated rings. The molecule has 200 valence electrons. The number of benzene rings is 3. The third-order valence-electron chi connectivity index (χ3n) is 7.78. The number of nitrogens with zero attached hydrogens (tertiary/aromatic N) is 3. The lowest BCUT2D eigenvalue weighted by Gasteiger charge is -2.35. The van der Waals surface area contributed by atoms with E-state index in [0.717, 1.165) is 75.1 Å². The van der Waals surface area contributed by atoms with Crippen LogP contribution in [0, 0.1) is 17.5 Å². The van der Waals surface area contributed by atoms with Gasteiger partial charge in [0.2, 0.25) is 5.91 Å². The lowest BCUT2D eigenvalue weighted by Crippen LogP contribution is -2.50. The zero-order valence-corrected chi connectivity index (χ0v) is 21.6. The number of hydrogen-bond donors (Lipinski definition) is 0. The minimum absolute atomic E-state index is 0.0116. The second-order valence-electron chi connectivity index (χ2n) is 10.3. The second kappa shape index (κ2) is 12.1. The van der Waals surface area contributed by atoms with Crippen molar-refractivity contribution in [3.63, 3.8) is 0 Å². The summed E-state index contributed by atoms with van der Waals surface area (Å²) < 4.78 is 41.0. The Hall–Kier alpha value is -3.16. The van der Waals surface area contributed by atoms with E-state index < -0.39 is 0 Å². The third-order valence-corrected chi connectivity index (χ3v) is 7.78. The molecule has 2 aliphatic rings. The van der Waals surface area contributed by atoms with Crippen LogP contribution in [-0.4, -0.2) is 61.5 Å². The molecule has 7 heteroatoms. The first-order chi connectivity index (χ1) is 18.5. The maximum absolute atomic E-state index is 14.4. The van der Waals surface area contributed by atoms with Crippen LogP contribution in [0.15, 0.2) is 66.7 Å². The van der Waals surface area contributed by atoms with E-state index >= 15 is 0 Å². The van der Waals surface area contributed by atoms with Gasteiger partial charge in [-0.1, -0.05) is 30.3 Å². The fourth-order valence-corrected chi connectivity index (χ4v) is 5.68. The fraction of sp³-hybridized carbons (Fsp3) is 0.387. The van der Waals surface area contributed by atoms with Gasteiger partial charge in [-0.05, 0) is 85.3 Å². The largest absolute Gasteiger partial charge is 0.311 e. The maximum atomic E-state index is 14.4. The summed E-state index contributed by atoms with van der Waals surface area (Å²) in [5, 5.41) is 0. The number of carbonyl (C=O) groups is 1. The lowest BCUT2D eigenvalue weighted by atomic mass is 9.87. The van der Waals surface area contributed by atoms with Crippen LogP contribution in [0.4, 0.5) is 18.9 Å². The number of hydrogen-bond acceptors (Lipinski definition) is 3. The van der Waals surface area contributed by atoms with Gasteiger partial charge >= 0.3 is 0 Å². The molecule has 5 rings (SSSR count). The van der Waals surface area contributed by atoms with Gasteiger partial charge in [-0.3, -0.25) is 9.69 Å². The molecule has 38 heavy (non-hydrogen) atoms. The first kappa shape index (κ1) is 26.4. The summed E-state index contributed by atoms with van der Waals surface area (Å²) in [6.07, 6.45) is 3.52. The molecule has 0 bridgehead atoms. The maximum Gasteiger partial charge on any atom is 0.241 e. The van der Waals surface area contributed by atoms with E-state index in [1.807, 2.05) is 12.1 Å². The van der Waals surface area contributed by atoms with Crippen molar-refractivity contribution in [2.24, 2.45) is 0 Å². The van der Waals surface area contributed by atoms with Crippen LogP contribution >= 0.6 is 0 Å². The highest BCUT2D eigenvalue weighted by molar-refractivity contribution is 5.96. The Labute approximate surface area is 222 Å². The highest BCUT2D eigenvalue weighted by Gasteiger charge is 2.29. The molecule has 3 aromatic carbocycles. The third kappa shape index (κ3) is 6.45. The van der Waals surface area contributed by atoms with E-state index in [2.05, 4.69) is 9.80 Å². The molecule has 1 amide bonds. The number of halogens is 3. The molecule has 3 aromatic rings. The molecule has 0 spiro atoms. The normalized spacial score (nSPS) is 18.7. The van der Waals surface area contributed by atoms with E-state index in [1.165, 1.54) is 36.4 Å². The van der Waals surface area contributed by atoms with Crippen LogP contribution in [0.2, 0.25) is 0 Å². The van der Waals surface area contributed by atoms with Crippen molar-refractivity contribution in [1.82, 2.24) is 9.80 Å². The average molecular weight is 522 g/mol. The van der Waals surface area contributed by atoms with Crippen molar-refractivity contribution >= 4 is 11.6 Å². The Morgan fingerprint density at radius 3 is 2.11 bits per heavy atom. The number of amides is 1. The number of aryl methyl sites for hydroxylation is 1. The molecule has 1 atom stereocenters. The Morgan fingerprint density at radius 1 is 0.763 bits per heavy atom. The van der Waals surface area contributed by atoms with E-state index in [0.29, 0.717) is 18.8 Å². The zero-order chi connectivity index (χ0) is 26.5. The fourth-order valence-electron chi connectivity index (χ4n) is 5.68. The number of carbonyl (C=O) groups excluding carboxylic acids is 1. The molecule has 0 N–H and O–H groups in total.